The van der Waals surface area contributed by atoms with Gasteiger partial charge < -0.3 is 20.1 Å². The van der Waals surface area contributed by atoms with E-state index in [0.29, 0.717) is 6.42 Å². The Hall–Kier alpha value is -4.63. The number of phosphoric ester groups is 1. The van der Waals surface area contributed by atoms with Crippen molar-refractivity contribution in [2.45, 2.75) is 264 Å². The van der Waals surface area contributed by atoms with E-state index in [4.69, 9.17) is 24.3 Å². The topological polar surface area (TPSA) is 134 Å². The molecule has 0 saturated heterocycles. The quantitative estimate of drug-likeness (QED) is 0.0264. The summed E-state index contributed by atoms with van der Waals surface area (Å²) in [5, 5.41) is 0. The van der Waals surface area contributed by atoms with Crippen molar-refractivity contribution in [3.63, 3.8) is 0 Å². The number of hydrogen-bond donors (Lipinski definition) is 2. The van der Waals surface area contributed by atoms with E-state index >= 15 is 0 Å². The van der Waals surface area contributed by atoms with Crippen LogP contribution >= 0.6 is 7.82 Å². The number of carbonyl (C=O) groups excluding carboxylic acids is 2. The Morgan fingerprint density at radius 3 is 0.929 bits per heavy atom. The average Bonchev–Trinajstić information content (AvgIpc) is 3.53. The van der Waals surface area contributed by atoms with Gasteiger partial charge in [-0.15, -0.1) is 0 Å². The zero-order chi connectivity index (χ0) is 61.6. The summed E-state index contributed by atoms with van der Waals surface area (Å²) in [4.78, 5) is 35.3. The Morgan fingerprint density at radius 2 is 0.612 bits per heavy atom. The van der Waals surface area contributed by atoms with Gasteiger partial charge in [0, 0.05) is 19.4 Å². The predicted octanol–water partition coefficient (Wildman–Crippen LogP) is 22.2. The fourth-order valence-corrected chi connectivity index (χ4v) is 9.48. The van der Waals surface area contributed by atoms with Crippen LogP contribution in [0.5, 0.6) is 0 Å². The van der Waals surface area contributed by atoms with E-state index in [1.165, 1.54) is 103 Å². The molecule has 0 aliphatic carbocycles. The van der Waals surface area contributed by atoms with Crippen LogP contribution < -0.4 is 5.73 Å². The lowest BCUT2D eigenvalue weighted by Crippen LogP contribution is -2.29. The van der Waals surface area contributed by atoms with Crippen molar-refractivity contribution < 1.29 is 37.6 Å². The van der Waals surface area contributed by atoms with Crippen molar-refractivity contribution in [1.82, 2.24) is 0 Å². The Morgan fingerprint density at radius 1 is 0.353 bits per heavy atom. The molecule has 480 valence electrons. The van der Waals surface area contributed by atoms with Crippen LogP contribution in [0.15, 0.2) is 170 Å². The van der Waals surface area contributed by atoms with Crippen LogP contribution in [0.1, 0.15) is 258 Å². The number of phosphoric acid groups is 1. The summed E-state index contributed by atoms with van der Waals surface area (Å²) >= 11 is 0. The molecule has 2 atom stereocenters. The molecule has 10 heteroatoms. The second-order valence-corrected chi connectivity index (χ2v) is 23.0. The SMILES string of the molecule is CC/C=C\C/C=C\C/C=C\C/C=C\C/C=C\C/C=C\C/C=C\C/C=C\CCCCC(=O)OC(COC(=O)CCCCCCCCCCCCCCCCCCCC/C=C\C/C=C\C/C=C\C/C=C\C/C=C\C/C=C\CC)COP(=O)(O)OCCN. The number of unbranched alkanes of at least 4 members (excludes halogenated alkanes) is 20. The van der Waals surface area contributed by atoms with E-state index in [9.17, 15) is 19.0 Å². The van der Waals surface area contributed by atoms with Gasteiger partial charge in [-0.2, -0.15) is 0 Å². The molecular weight excluding hydrogens is 1070 g/mol. The first-order valence-corrected chi connectivity index (χ1v) is 35.1. The van der Waals surface area contributed by atoms with Crippen LogP contribution in [0.4, 0.5) is 0 Å². The van der Waals surface area contributed by atoms with E-state index in [0.717, 1.165) is 122 Å². The molecule has 0 aromatic carbocycles. The number of nitrogens with two attached hydrogens (primary N) is 1. The molecule has 2 unspecified atom stereocenters. The van der Waals surface area contributed by atoms with Crippen LogP contribution in [-0.4, -0.2) is 49.3 Å². The maximum atomic E-state index is 12.7. The molecule has 9 nitrogen and oxygen atoms in total. The van der Waals surface area contributed by atoms with E-state index < -0.39 is 32.5 Å². The summed E-state index contributed by atoms with van der Waals surface area (Å²) in [5.74, 6) is -0.885. The number of allylic oxidation sites excluding steroid dienone is 28. The van der Waals surface area contributed by atoms with E-state index in [1.807, 2.05) is 0 Å². The van der Waals surface area contributed by atoms with Gasteiger partial charge in [0.1, 0.15) is 6.61 Å². The highest BCUT2D eigenvalue weighted by atomic mass is 31.2. The van der Waals surface area contributed by atoms with Crippen molar-refractivity contribution in [2.75, 3.05) is 26.4 Å². The fraction of sp³-hybridized carbons (Fsp3) is 0.600. The third-order valence-electron chi connectivity index (χ3n) is 13.6. The average molecular weight is 1200 g/mol. The summed E-state index contributed by atoms with van der Waals surface area (Å²) in [7, 11) is -4.42. The zero-order valence-electron chi connectivity index (χ0n) is 53.8. The molecule has 0 rings (SSSR count). The minimum absolute atomic E-state index is 0.0382. The lowest BCUT2D eigenvalue weighted by atomic mass is 10.0. The fourth-order valence-electron chi connectivity index (χ4n) is 8.71. The first-order valence-electron chi connectivity index (χ1n) is 33.6. The highest BCUT2D eigenvalue weighted by Crippen LogP contribution is 2.43. The molecule has 0 aromatic rings. The Kier molecular flexibility index (Phi) is 64.8. The molecule has 85 heavy (non-hydrogen) atoms. The molecular formula is C75H122NO8P. The molecule has 0 amide bonds. The molecule has 0 saturated carbocycles. The third-order valence-corrected chi connectivity index (χ3v) is 14.6. The molecule has 0 aliphatic heterocycles. The monoisotopic (exact) mass is 1200 g/mol. The lowest BCUT2D eigenvalue weighted by molar-refractivity contribution is -0.161. The van der Waals surface area contributed by atoms with Gasteiger partial charge in [-0.05, 0) is 128 Å². The van der Waals surface area contributed by atoms with Gasteiger partial charge in [-0.1, -0.05) is 287 Å². The van der Waals surface area contributed by atoms with Gasteiger partial charge in [-0.25, -0.2) is 4.57 Å². The molecule has 0 aliphatic rings. The van der Waals surface area contributed by atoms with Gasteiger partial charge >= 0.3 is 19.8 Å². The predicted molar refractivity (Wildman–Crippen MR) is 366 cm³/mol. The zero-order valence-corrected chi connectivity index (χ0v) is 54.7. The van der Waals surface area contributed by atoms with Crippen molar-refractivity contribution >= 4 is 19.8 Å². The third kappa shape index (κ3) is 68.4. The van der Waals surface area contributed by atoms with Gasteiger partial charge in [0.05, 0.1) is 13.2 Å². The van der Waals surface area contributed by atoms with Crippen molar-refractivity contribution in [1.29, 1.82) is 0 Å². The van der Waals surface area contributed by atoms with Gasteiger partial charge in [0.2, 0.25) is 0 Å². The Balaban J connectivity index is 3.98. The summed E-state index contributed by atoms with van der Waals surface area (Å²) < 4.78 is 33.1. The molecule has 0 heterocycles. The Labute approximate surface area is 521 Å². The van der Waals surface area contributed by atoms with E-state index in [2.05, 4.69) is 184 Å². The van der Waals surface area contributed by atoms with Crippen molar-refractivity contribution in [2.24, 2.45) is 5.73 Å². The molecule has 3 N–H and O–H groups in total. The number of rotatable bonds is 61. The van der Waals surface area contributed by atoms with Crippen LogP contribution in [0.2, 0.25) is 0 Å². The number of carbonyl (C=O) groups is 2. The second kappa shape index (κ2) is 68.5. The number of hydrogen-bond acceptors (Lipinski definition) is 8. The Bertz CT molecular complexity index is 2000. The standard InChI is InChI=1S/C75H122NO8P/c1-3-5-7-9-11-13-15-17-19-21-23-25-27-29-31-32-33-34-35-36-37-38-39-40-42-43-45-47-49-51-53-55-57-59-61-63-65-67-74(77)81-71-73(72-83-85(79,80)82-70-69-76)84-75(78)68-66-64-62-60-58-56-54-52-50-48-46-44-41-30-28-26-24-22-20-18-16-14-12-10-8-6-4-2/h5-8,11-14,17-20,23-26,29-31,33-34,41,46,48,52,54,58,60,73H,3-4,9-10,15-16,21-22,27-28,32,35-40,42-45,47,49-51,53,55-57,59,61-72,76H2,1-2H3,(H,79,80)/b7-5-,8-6-,13-11-,14-12-,19-17-,20-18-,25-23-,26-24-,31-29-,34-33-,41-30-,48-46-,54-52-,60-58-. The van der Waals surface area contributed by atoms with Crippen LogP contribution in [0, 0.1) is 0 Å². The van der Waals surface area contributed by atoms with Gasteiger partial charge in [0.25, 0.3) is 0 Å². The van der Waals surface area contributed by atoms with Gasteiger partial charge in [0.15, 0.2) is 6.10 Å². The van der Waals surface area contributed by atoms with Crippen molar-refractivity contribution in [3.8, 4) is 0 Å². The normalized spacial score (nSPS) is 14.1. The highest BCUT2D eigenvalue weighted by molar-refractivity contribution is 7.47. The maximum Gasteiger partial charge on any atom is 0.472 e. The molecule has 0 spiro atoms. The van der Waals surface area contributed by atoms with Crippen LogP contribution in [0.25, 0.3) is 0 Å². The molecule has 0 bridgehead atoms. The number of ether oxygens (including phenoxy) is 2. The summed E-state index contributed by atoms with van der Waals surface area (Å²) in [6.45, 7) is 3.46. The molecule has 0 fully saturated rings. The summed E-state index contributed by atoms with van der Waals surface area (Å²) in [5.41, 5.74) is 5.39. The second-order valence-electron chi connectivity index (χ2n) is 21.6. The first-order chi connectivity index (χ1) is 41.8. The van der Waals surface area contributed by atoms with Crippen LogP contribution in [-0.2, 0) is 32.7 Å². The van der Waals surface area contributed by atoms with E-state index in [-0.39, 0.29) is 32.6 Å². The summed E-state index contributed by atoms with van der Waals surface area (Å²) in [6.07, 6.45) is 102. The first kappa shape index (κ1) is 80.4. The van der Waals surface area contributed by atoms with Crippen molar-refractivity contribution in [3.05, 3.63) is 170 Å². The largest absolute Gasteiger partial charge is 0.472 e. The number of esters is 2. The minimum Gasteiger partial charge on any atom is -0.462 e. The maximum absolute atomic E-state index is 12.7. The molecule has 0 radical (unpaired) electrons. The highest BCUT2D eigenvalue weighted by Gasteiger charge is 2.26. The van der Waals surface area contributed by atoms with Crippen LogP contribution in [0.3, 0.4) is 0 Å². The molecule has 0 aromatic heterocycles. The lowest BCUT2D eigenvalue weighted by Gasteiger charge is -2.19. The minimum atomic E-state index is -4.42. The van der Waals surface area contributed by atoms with Gasteiger partial charge in [-0.3, -0.25) is 18.6 Å². The summed E-state index contributed by atoms with van der Waals surface area (Å²) in [6, 6.07) is 0. The van der Waals surface area contributed by atoms with E-state index in [1.54, 1.807) is 0 Å². The smallest absolute Gasteiger partial charge is 0.462 e.